The van der Waals surface area contributed by atoms with Crippen molar-refractivity contribution in [1.29, 1.82) is 0 Å². The Morgan fingerprint density at radius 3 is 2.33 bits per heavy atom. The molecule has 192 valence electrons. The van der Waals surface area contributed by atoms with Crippen LogP contribution >= 0.6 is 0 Å². The van der Waals surface area contributed by atoms with Gasteiger partial charge in [-0.3, -0.25) is 9.59 Å². The first-order valence-electron chi connectivity index (χ1n) is 11.6. The number of rotatable bonds is 9. The van der Waals surface area contributed by atoms with E-state index in [2.05, 4.69) is 10.4 Å². The molecule has 36 heavy (non-hydrogen) atoms. The van der Waals surface area contributed by atoms with Crippen LogP contribution in [-0.4, -0.2) is 44.1 Å². The van der Waals surface area contributed by atoms with Gasteiger partial charge in [-0.15, -0.1) is 0 Å². The molecule has 1 aromatic heterocycles. The molecule has 1 amide bonds. The molecule has 3 aromatic rings. The Hall–Kier alpha value is -3.72. The lowest BCUT2D eigenvalue weighted by atomic mass is 9.78. The molecular weight excluding hydrogens is 465 g/mol. The van der Waals surface area contributed by atoms with Crippen molar-refractivity contribution in [1.82, 2.24) is 15.1 Å². The average Bonchev–Trinajstić information content (AvgIpc) is 3.21. The van der Waals surface area contributed by atoms with Crippen LogP contribution in [0.25, 0.3) is 5.69 Å². The molecule has 0 aliphatic rings. The fourth-order valence-electron chi connectivity index (χ4n) is 3.40. The van der Waals surface area contributed by atoms with Crippen LogP contribution in [0.5, 0.6) is 5.88 Å². The second kappa shape index (κ2) is 10.5. The second-order valence-electron chi connectivity index (χ2n) is 10.0. The van der Waals surface area contributed by atoms with Crippen LogP contribution in [0, 0.1) is 18.2 Å². The third-order valence-corrected chi connectivity index (χ3v) is 6.35. The number of carboxylic acids is 1. The molecule has 0 saturated carbocycles. The van der Waals surface area contributed by atoms with Crippen LogP contribution in [0.4, 0.5) is 4.39 Å². The first-order valence-corrected chi connectivity index (χ1v) is 11.6. The zero-order chi connectivity index (χ0) is 26.7. The summed E-state index contributed by atoms with van der Waals surface area (Å²) < 4.78 is 20.7. The van der Waals surface area contributed by atoms with E-state index in [4.69, 9.17) is 4.74 Å². The number of hydrogen-bond acceptors (Lipinski definition) is 5. The predicted octanol–water partition coefficient (Wildman–Crippen LogP) is 4.44. The number of carbonyl (C=O) groups is 2. The van der Waals surface area contributed by atoms with E-state index in [1.165, 1.54) is 35.0 Å². The van der Waals surface area contributed by atoms with E-state index in [1.54, 1.807) is 19.1 Å². The molecule has 3 N–H and O–H groups in total. The molecule has 3 rings (SSSR count). The van der Waals surface area contributed by atoms with Crippen molar-refractivity contribution in [2.45, 2.75) is 52.7 Å². The van der Waals surface area contributed by atoms with Crippen molar-refractivity contribution >= 4 is 11.9 Å². The van der Waals surface area contributed by atoms with Crippen molar-refractivity contribution < 1.29 is 28.9 Å². The van der Waals surface area contributed by atoms with E-state index in [-0.39, 0.29) is 24.6 Å². The van der Waals surface area contributed by atoms with Crippen LogP contribution < -0.4 is 10.1 Å². The summed E-state index contributed by atoms with van der Waals surface area (Å²) in [6, 6.07) is 13.3. The zero-order valence-electron chi connectivity index (χ0n) is 21.1. The maximum Gasteiger partial charge on any atom is 0.305 e. The Kier molecular flexibility index (Phi) is 7.83. The summed E-state index contributed by atoms with van der Waals surface area (Å²) in [6.45, 7) is 9.03. The minimum Gasteiger partial charge on any atom is -0.481 e. The largest absolute Gasteiger partial charge is 0.481 e. The van der Waals surface area contributed by atoms with Crippen LogP contribution in [-0.2, 0) is 4.79 Å². The number of carbonyl (C=O) groups excluding carboxylic acids is 1. The number of aliphatic hydroxyl groups is 1. The molecule has 2 aromatic carbocycles. The predicted molar refractivity (Wildman–Crippen MR) is 133 cm³/mol. The van der Waals surface area contributed by atoms with Crippen LogP contribution in [0.15, 0.2) is 54.6 Å². The van der Waals surface area contributed by atoms with Crippen molar-refractivity contribution in [3.8, 4) is 11.6 Å². The number of halogens is 1. The first kappa shape index (κ1) is 26.9. The summed E-state index contributed by atoms with van der Waals surface area (Å²) in [4.78, 5) is 24.7. The molecule has 0 aliphatic carbocycles. The number of ether oxygens (including phenoxy) is 1. The number of nitrogens with one attached hydrogen (secondary N) is 1. The van der Waals surface area contributed by atoms with Gasteiger partial charge in [0.1, 0.15) is 18.0 Å². The summed E-state index contributed by atoms with van der Waals surface area (Å²) in [5.41, 5.74) is 0.254. The highest BCUT2D eigenvalue weighted by Gasteiger charge is 2.36. The van der Waals surface area contributed by atoms with Crippen molar-refractivity contribution in [3.63, 3.8) is 0 Å². The number of carboxylic acid groups (broad SMARTS) is 1. The number of aryl methyl sites for hydroxylation is 1. The van der Waals surface area contributed by atoms with Gasteiger partial charge in [0.15, 0.2) is 5.69 Å². The van der Waals surface area contributed by atoms with E-state index >= 15 is 0 Å². The number of nitrogens with zero attached hydrogens (tertiary/aromatic N) is 2. The summed E-state index contributed by atoms with van der Waals surface area (Å²) in [6.07, 6.45) is -0.312. The van der Waals surface area contributed by atoms with E-state index < -0.39 is 34.8 Å². The van der Waals surface area contributed by atoms with Gasteiger partial charge < -0.3 is 20.3 Å². The smallest absolute Gasteiger partial charge is 0.305 e. The van der Waals surface area contributed by atoms with E-state index in [0.717, 1.165) is 5.56 Å². The van der Waals surface area contributed by atoms with Gasteiger partial charge in [0, 0.05) is 6.07 Å². The van der Waals surface area contributed by atoms with Gasteiger partial charge in [-0.2, -0.15) is 5.10 Å². The number of aliphatic carboxylic acids is 1. The highest BCUT2D eigenvalue weighted by molar-refractivity contribution is 5.93. The average molecular weight is 498 g/mol. The molecule has 8 nitrogen and oxygen atoms in total. The van der Waals surface area contributed by atoms with Gasteiger partial charge in [0.2, 0.25) is 5.88 Å². The molecule has 0 unspecified atom stereocenters. The number of aromatic nitrogens is 2. The Balaban J connectivity index is 1.95. The summed E-state index contributed by atoms with van der Waals surface area (Å²) in [5.74, 6) is -1.93. The lowest BCUT2D eigenvalue weighted by molar-refractivity contribution is -0.137. The molecule has 0 spiro atoms. The maximum absolute atomic E-state index is 13.5. The monoisotopic (exact) mass is 497 g/mol. The molecule has 2 atom stereocenters. The fourth-order valence-corrected chi connectivity index (χ4v) is 3.40. The standard InChI is InChI=1S/C27H32FN3O5/c1-17-8-6-7-9-20(17)21(15-24(32)33)29-25(34)22-14-23(36-16-27(5,35)26(2,3)4)31(30-22)19-12-10-18(28)11-13-19/h6-14,21,35H,15-16H2,1-5H3,(H,29,34)(H,32,33)/t21-,27-/m0/s1. The van der Waals surface area contributed by atoms with Gasteiger partial charge in [0.05, 0.1) is 18.2 Å². The fraction of sp³-hybridized carbons (Fsp3) is 0.370. The molecule has 0 aliphatic heterocycles. The number of hydrogen-bond donors (Lipinski definition) is 3. The van der Waals surface area contributed by atoms with Crippen LogP contribution in [0.2, 0.25) is 0 Å². The van der Waals surface area contributed by atoms with E-state index in [1.807, 2.05) is 39.8 Å². The van der Waals surface area contributed by atoms with E-state index in [0.29, 0.717) is 11.3 Å². The first-order chi connectivity index (χ1) is 16.8. The molecule has 0 bridgehead atoms. The number of benzene rings is 2. The SMILES string of the molecule is Cc1ccccc1[C@H](CC(=O)O)NC(=O)c1cc(OC[C@](C)(O)C(C)(C)C)n(-c2ccc(F)cc2)n1. The molecule has 9 heteroatoms. The van der Waals surface area contributed by atoms with Crippen molar-refractivity contribution in [2.75, 3.05) is 6.61 Å². The minimum absolute atomic E-state index is 0.0197. The Bertz CT molecular complexity index is 1230. The quantitative estimate of drug-likeness (QED) is 0.403. The van der Waals surface area contributed by atoms with Gasteiger partial charge in [-0.1, -0.05) is 45.0 Å². The van der Waals surface area contributed by atoms with E-state index in [9.17, 15) is 24.2 Å². The highest BCUT2D eigenvalue weighted by atomic mass is 19.1. The lowest BCUT2D eigenvalue weighted by Gasteiger charge is -2.36. The van der Waals surface area contributed by atoms with Crippen molar-refractivity contribution in [3.05, 3.63) is 77.2 Å². The topological polar surface area (TPSA) is 114 Å². The Morgan fingerprint density at radius 2 is 1.75 bits per heavy atom. The molecular formula is C27H32FN3O5. The third-order valence-electron chi connectivity index (χ3n) is 6.35. The second-order valence-corrected chi connectivity index (χ2v) is 10.0. The highest BCUT2D eigenvalue weighted by Crippen LogP contribution is 2.31. The van der Waals surface area contributed by atoms with Gasteiger partial charge in [-0.05, 0) is 54.7 Å². The molecule has 0 radical (unpaired) electrons. The lowest BCUT2D eigenvalue weighted by Crippen LogP contribution is -2.45. The Morgan fingerprint density at radius 1 is 1.11 bits per heavy atom. The zero-order valence-corrected chi connectivity index (χ0v) is 21.1. The van der Waals surface area contributed by atoms with Crippen molar-refractivity contribution in [2.24, 2.45) is 5.41 Å². The summed E-state index contributed by atoms with van der Waals surface area (Å²) >= 11 is 0. The van der Waals surface area contributed by atoms with Gasteiger partial charge in [-0.25, -0.2) is 9.07 Å². The summed E-state index contributed by atoms with van der Waals surface area (Å²) in [5, 5.41) is 27.4. The van der Waals surface area contributed by atoms with Gasteiger partial charge >= 0.3 is 5.97 Å². The van der Waals surface area contributed by atoms with Crippen LogP contribution in [0.3, 0.4) is 0 Å². The van der Waals surface area contributed by atoms with Crippen LogP contribution in [0.1, 0.15) is 61.8 Å². The number of amides is 1. The van der Waals surface area contributed by atoms with Gasteiger partial charge in [0.25, 0.3) is 5.91 Å². The normalized spacial score (nSPS) is 14.1. The molecule has 1 heterocycles. The molecule has 0 fully saturated rings. The minimum atomic E-state index is -1.20. The Labute approximate surface area is 209 Å². The third kappa shape index (κ3) is 6.28. The summed E-state index contributed by atoms with van der Waals surface area (Å²) in [7, 11) is 0. The maximum atomic E-state index is 13.5. The molecule has 0 saturated heterocycles.